The molecule has 0 aliphatic carbocycles. The van der Waals surface area contributed by atoms with Crippen LogP contribution in [0.1, 0.15) is 22.9 Å². The number of hydrogen-bond acceptors (Lipinski definition) is 2. The molecule has 5 heteroatoms. The summed E-state index contributed by atoms with van der Waals surface area (Å²) in [5.41, 5.74) is 8.02. The van der Waals surface area contributed by atoms with Crippen LogP contribution in [-0.4, -0.2) is 0 Å². The Labute approximate surface area is 128 Å². The average Bonchev–Trinajstić information content (AvgIpc) is 2.74. The van der Waals surface area contributed by atoms with Crippen molar-refractivity contribution < 1.29 is 13.2 Å². The SMILES string of the molecule is Cc1c(C(N)c2cc(F)cc(F)c2)oc2ccc(Br)cc12. The zero-order valence-electron chi connectivity index (χ0n) is 11.2. The molecular weight excluding hydrogens is 340 g/mol. The van der Waals surface area contributed by atoms with Crippen LogP contribution < -0.4 is 5.73 Å². The Morgan fingerprint density at radius 2 is 1.76 bits per heavy atom. The molecule has 108 valence electrons. The van der Waals surface area contributed by atoms with Gasteiger partial charge in [-0.05, 0) is 42.8 Å². The Kier molecular flexibility index (Phi) is 3.55. The zero-order chi connectivity index (χ0) is 15.1. The number of nitrogens with two attached hydrogens (primary N) is 1. The monoisotopic (exact) mass is 351 g/mol. The van der Waals surface area contributed by atoms with E-state index in [4.69, 9.17) is 10.2 Å². The van der Waals surface area contributed by atoms with Gasteiger partial charge in [0.2, 0.25) is 0 Å². The van der Waals surface area contributed by atoms with Gasteiger partial charge in [-0.2, -0.15) is 0 Å². The zero-order valence-corrected chi connectivity index (χ0v) is 12.7. The Balaban J connectivity index is 2.13. The maximum absolute atomic E-state index is 13.3. The molecule has 2 aromatic carbocycles. The first-order valence-corrected chi connectivity index (χ1v) is 7.15. The molecule has 1 atom stereocenters. The molecule has 21 heavy (non-hydrogen) atoms. The highest BCUT2D eigenvalue weighted by Gasteiger charge is 2.20. The number of halogens is 3. The third-order valence-electron chi connectivity index (χ3n) is 3.46. The first kappa shape index (κ1) is 14.2. The molecule has 0 radical (unpaired) electrons. The lowest BCUT2D eigenvalue weighted by Crippen LogP contribution is -2.12. The van der Waals surface area contributed by atoms with Gasteiger partial charge >= 0.3 is 0 Å². The maximum Gasteiger partial charge on any atom is 0.134 e. The van der Waals surface area contributed by atoms with Gasteiger partial charge in [-0.25, -0.2) is 8.78 Å². The summed E-state index contributed by atoms with van der Waals surface area (Å²) in [4.78, 5) is 0. The Bertz CT molecular complexity index is 808. The van der Waals surface area contributed by atoms with E-state index in [1.54, 1.807) is 0 Å². The second-order valence-corrected chi connectivity index (χ2v) is 5.83. The van der Waals surface area contributed by atoms with Crippen molar-refractivity contribution in [2.45, 2.75) is 13.0 Å². The van der Waals surface area contributed by atoms with E-state index in [-0.39, 0.29) is 0 Å². The highest BCUT2D eigenvalue weighted by atomic mass is 79.9. The Morgan fingerprint density at radius 1 is 1.10 bits per heavy atom. The molecule has 0 bridgehead atoms. The summed E-state index contributed by atoms with van der Waals surface area (Å²) < 4.78 is 33.3. The van der Waals surface area contributed by atoms with E-state index in [2.05, 4.69) is 15.9 Å². The second kappa shape index (κ2) is 5.24. The fourth-order valence-electron chi connectivity index (χ4n) is 2.41. The number of rotatable bonds is 2. The van der Waals surface area contributed by atoms with E-state index < -0.39 is 17.7 Å². The van der Waals surface area contributed by atoms with Crippen LogP contribution in [0, 0.1) is 18.6 Å². The Morgan fingerprint density at radius 3 is 2.43 bits per heavy atom. The highest BCUT2D eigenvalue weighted by molar-refractivity contribution is 9.10. The van der Waals surface area contributed by atoms with Gasteiger partial charge in [0.25, 0.3) is 0 Å². The highest BCUT2D eigenvalue weighted by Crippen LogP contribution is 2.33. The minimum atomic E-state index is -0.721. The van der Waals surface area contributed by atoms with Crippen molar-refractivity contribution in [3.8, 4) is 0 Å². The van der Waals surface area contributed by atoms with Gasteiger partial charge < -0.3 is 10.2 Å². The summed E-state index contributed by atoms with van der Waals surface area (Å²) >= 11 is 3.40. The third kappa shape index (κ3) is 2.59. The van der Waals surface area contributed by atoms with Crippen LogP contribution in [0.15, 0.2) is 45.3 Å². The number of furan rings is 1. The van der Waals surface area contributed by atoms with Crippen molar-refractivity contribution in [1.82, 2.24) is 0 Å². The van der Waals surface area contributed by atoms with Crippen molar-refractivity contribution in [2.24, 2.45) is 5.73 Å². The first-order valence-electron chi connectivity index (χ1n) is 6.36. The standard InChI is InChI=1S/C16H12BrF2NO/c1-8-13-6-10(17)2-3-14(13)21-16(8)15(20)9-4-11(18)7-12(19)5-9/h2-7,15H,20H2,1H3. The van der Waals surface area contributed by atoms with Gasteiger partial charge in [-0.15, -0.1) is 0 Å². The van der Waals surface area contributed by atoms with Crippen LogP contribution in [0.2, 0.25) is 0 Å². The summed E-state index contributed by atoms with van der Waals surface area (Å²) in [5.74, 6) is -0.804. The van der Waals surface area contributed by atoms with Crippen molar-refractivity contribution in [1.29, 1.82) is 0 Å². The topological polar surface area (TPSA) is 39.2 Å². The molecule has 1 unspecified atom stereocenters. The van der Waals surface area contributed by atoms with Crippen molar-refractivity contribution >= 4 is 26.9 Å². The smallest absolute Gasteiger partial charge is 0.134 e. The number of hydrogen-bond donors (Lipinski definition) is 1. The molecule has 3 rings (SSSR count). The molecule has 1 heterocycles. The van der Waals surface area contributed by atoms with Gasteiger partial charge in [0.05, 0.1) is 6.04 Å². The van der Waals surface area contributed by atoms with Crippen LogP contribution in [-0.2, 0) is 0 Å². The molecule has 2 N–H and O–H groups in total. The largest absolute Gasteiger partial charge is 0.459 e. The molecule has 0 saturated carbocycles. The predicted molar refractivity (Wildman–Crippen MR) is 81.0 cm³/mol. The van der Waals surface area contributed by atoms with Crippen LogP contribution in [0.3, 0.4) is 0 Å². The molecule has 0 fully saturated rings. The average molecular weight is 352 g/mol. The fourth-order valence-corrected chi connectivity index (χ4v) is 2.78. The number of fused-ring (bicyclic) bond motifs is 1. The van der Waals surface area contributed by atoms with Crippen LogP contribution in [0.25, 0.3) is 11.0 Å². The molecule has 0 spiro atoms. The molecular formula is C16H12BrF2NO. The summed E-state index contributed by atoms with van der Waals surface area (Å²) in [6.07, 6.45) is 0. The molecule has 0 aliphatic heterocycles. The van der Waals surface area contributed by atoms with E-state index in [0.717, 1.165) is 21.5 Å². The molecule has 0 saturated heterocycles. The normalized spacial score (nSPS) is 12.8. The maximum atomic E-state index is 13.3. The lowest BCUT2D eigenvalue weighted by Gasteiger charge is -2.10. The summed E-state index contributed by atoms with van der Waals surface area (Å²) in [7, 11) is 0. The van der Waals surface area contributed by atoms with Crippen molar-refractivity contribution in [3.63, 3.8) is 0 Å². The quantitative estimate of drug-likeness (QED) is 0.718. The number of benzene rings is 2. The third-order valence-corrected chi connectivity index (χ3v) is 3.95. The first-order chi connectivity index (χ1) is 9.95. The van der Waals surface area contributed by atoms with Gasteiger partial charge in [0.15, 0.2) is 0 Å². The number of aryl methyl sites for hydroxylation is 1. The second-order valence-electron chi connectivity index (χ2n) is 4.91. The fraction of sp³-hybridized carbons (Fsp3) is 0.125. The molecule has 1 aromatic heterocycles. The minimum Gasteiger partial charge on any atom is -0.459 e. The molecule has 2 nitrogen and oxygen atoms in total. The van der Waals surface area contributed by atoms with E-state index in [1.807, 2.05) is 25.1 Å². The predicted octanol–water partition coefficient (Wildman–Crippen LogP) is 4.83. The van der Waals surface area contributed by atoms with E-state index in [1.165, 1.54) is 12.1 Å². The van der Waals surface area contributed by atoms with Crippen LogP contribution >= 0.6 is 15.9 Å². The van der Waals surface area contributed by atoms with Gasteiger partial charge in [-0.3, -0.25) is 0 Å². The van der Waals surface area contributed by atoms with Gasteiger partial charge in [0, 0.05) is 21.5 Å². The van der Waals surface area contributed by atoms with Crippen LogP contribution in [0.5, 0.6) is 0 Å². The Hall–Kier alpha value is -1.72. The van der Waals surface area contributed by atoms with Gasteiger partial charge in [-0.1, -0.05) is 15.9 Å². The summed E-state index contributed by atoms with van der Waals surface area (Å²) in [5, 5.41) is 0.923. The van der Waals surface area contributed by atoms with E-state index >= 15 is 0 Å². The molecule has 0 amide bonds. The lowest BCUT2D eigenvalue weighted by atomic mass is 10.0. The summed E-state index contributed by atoms with van der Waals surface area (Å²) in [6, 6.07) is 8.15. The molecule has 3 aromatic rings. The van der Waals surface area contributed by atoms with E-state index in [9.17, 15) is 8.78 Å². The van der Waals surface area contributed by atoms with Gasteiger partial charge in [0.1, 0.15) is 23.0 Å². The minimum absolute atomic E-state index is 0.341. The summed E-state index contributed by atoms with van der Waals surface area (Å²) in [6.45, 7) is 1.88. The van der Waals surface area contributed by atoms with E-state index in [0.29, 0.717) is 16.9 Å². The van der Waals surface area contributed by atoms with Crippen molar-refractivity contribution in [2.75, 3.05) is 0 Å². The molecule has 0 aliphatic rings. The lowest BCUT2D eigenvalue weighted by molar-refractivity contribution is 0.516. The van der Waals surface area contributed by atoms with Crippen LogP contribution in [0.4, 0.5) is 8.78 Å². The van der Waals surface area contributed by atoms with Crippen molar-refractivity contribution in [3.05, 3.63) is 69.4 Å².